The topological polar surface area (TPSA) is 78.4 Å². The van der Waals surface area contributed by atoms with Gasteiger partial charge in [0.2, 0.25) is 0 Å². The van der Waals surface area contributed by atoms with E-state index in [0.717, 1.165) is 0 Å². The summed E-state index contributed by atoms with van der Waals surface area (Å²) in [5.74, 6) is -5.75. The third kappa shape index (κ3) is 4.97. The van der Waals surface area contributed by atoms with E-state index >= 15 is 0 Å². The summed E-state index contributed by atoms with van der Waals surface area (Å²) in [4.78, 5) is 22.3. The number of carboxylic acid groups (broad SMARTS) is 1. The molecule has 8 heteroatoms. The molecule has 0 radical (unpaired) electrons. The van der Waals surface area contributed by atoms with Crippen LogP contribution in [0.2, 0.25) is 0 Å². The van der Waals surface area contributed by atoms with E-state index in [1.54, 1.807) is 13.8 Å². The molecular formula is C13H15F3N2O3. The lowest BCUT2D eigenvalue weighted by Gasteiger charge is -2.20. The van der Waals surface area contributed by atoms with E-state index in [9.17, 15) is 22.8 Å². The molecule has 0 saturated heterocycles. The van der Waals surface area contributed by atoms with Crippen LogP contribution in [-0.2, 0) is 4.79 Å². The minimum absolute atomic E-state index is 0.159. The van der Waals surface area contributed by atoms with Gasteiger partial charge in [-0.15, -0.1) is 0 Å². The maximum absolute atomic E-state index is 13.0. The Hall–Kier alpha value is -2.25. The Kier molecular flexibility index (Phi) is 5.57. The van der Waals surface area contributed by atoms with Crippen LogP contribution < -0.4 is 10.6 Å². The van der Waals surface area contributed by atoms with Gasteiger partial charge < -0.3 is 15.7 Å². The van der Waals surface area contributed by atoms with Gasteiger partial charge in [0.25, 0.3) is 0 Å². The number of carbonyl (C=O) groups is 2. The second-order valence-electron chi connectivity index (χ2n) is 4.80. The predicted molar refractivity (Wildman–Crippen MR) is 69.3 cm³/mol. The predicted octanol–water partition coefficient (Wildman–Crippen LogP) is 2.72. The van der Waals surface area contributed by atoms with Crippen molar-refractivity contribution in [3.8, 4) is 0 Å². The zero-order chi connectivity index (χ0) is 16.2. The number of benzene rings is 1. The van der Waals surface area contributed by atoms with Crippen LogP contribution in [0.1, 0.15) is 20.3 Å². The molecule has 5 nitrogen and oxygen atoms in total. The molecular weight excluding hydrogens is 289 g/mol. The molecule has 1 unspecified atom stereocenters. The number of carbonyl (C=O) groups excluding carboxylic acids is 1. The third-order valence-electron chi connectivity index (χ3n) is 2.76. The highest BCUT2D eigenvalue weighted by molar-refractivity contribution is 5.89. The zero-order valence-electron chi connectivity index (χ0n) is 11.4. The van der Waals surface area contributed by atoms with Crippen molar-refractivity contribution in [2.24, 2.45) is 5.92 Å². The number of carboxylic acids is 1. The van der Waals surface area contributed by atoms with Crippen LogP contribution in [-0.4, -0.2) is 23.1 Å². The van der Waals surface area contributed by atoms with Crippen LogP contribution >= 0.6 is 0 Å². The molecule has 0 fully saturated rings. The number of urea groups is 1. The van der Waals surface area contributed by atoms with Crippen molar-refractivity contribution in [1.29, 1.82) is 0 Å². The van der Waals surface area contributed by atoms with Gasteiger partial charge in [-0.25, -0.2) is 18.0 Å². The summed E-state index contributed by atoms with van der Waals surface area (Å²) < 4.78 is 38.7. The van der Waals surface area contributed by atoms with Crippen LogP contribution in [0.4, 0.5) is 23.7 Å². The Morgan fingerprint density at radius 3 is 2.14 bits per heavy atom. The van der Waals surface area contributed by atoms with Crippen LogP contribution in [0.3, 0.4) is 0 Å². The molecule has 2 amide bonds. The van der Waals surface area contributed by atoms with Crippen molar-refractivity contribution in [3.63, 3.8) is 0 Å². The number of amides is 2. The molecule has 0 aromatic heterocycles. The van der Waals surface area contributed by atoms with Crippen molar-refractivity contribution in [2.75, 3.05) is 5.32 Å². The minimum atomic E-state index is -1.63. The zero-order valence-corrected chi connectivity index (χ0v) is 11.4. The lowest BCUT2D eigenvalue weighted by atomic mass is 10.0. The molecule has 0 bridgehead atoms. The van der Waals surface area contributed by atoms with Gasteiger partial charge in [-0.2, -0.15) is 0 Å². The summed E-state index contributed by atoms with van der Waals surface area (Å²) in [6, 6.07) is -0.239. The monoisotopic (exact) mass is 304 g/mol. The largest absolute Gasteiger partial charge is 0.481 e. The Balaban J connectivity index is 2.74. The quantitative estimate of drug-likeness (QED) is 0.732. The fraction of sp³-hybridized carbons (Fsp3) is 0.385. The molecule has 0 aliphatic heterocycles. The van der Waals surface area contributed by atoms with E-state index in [4.69, 9.17) is 5.11 Å². The van der Waals surface area contributed by atoms with Crippen molar-refractivity contribution >= 4 is 17.7 Å². The van der Waals surface area contributed by atoms with E-state index < -0.39 is 35.5 Å². The highest BCUT2D eigenvalue weighted by Crippen LogP contribution is 2.17. The molecule has 1 aromatic carbocycles. The first-order valence-electron chi connectivity index (χ1n) is 6.14. The number of nitrogens with one attached hydrogen (secondary N) is 2. The maximum atomic E-state index is 13.0. The van der Waals surface area contributed by atoms with Gasteiger partial charge in [-0.1, -0.05) is 13.8 Å². The summed E-state index contributed by atoms with van der Waals surface area (Å²) in [6.45, 7) is 3.43. The maximum Gasteiger partial charge on any atom is 0.319 e. The molecule has 1 aromatic rings. The SMILES string of the molecule is CC(C)C(CC(=O)O)NC(=O)Nc1cc(F)c(F)c(F)c1. The van der Waals surface area contributed by atoms with Gasteiger partial charge in [0.1, 0.15) is 0 Å². The normalized spacial score (nSPS) is 12.1. The average Bonchev–Trinajstić information content (AvgIpc) is 2.34. The Bertz CT molecular complexity index is 526. The number of anilines is 1. The molecule has 1 rings (SSSR count). The van der Waals surface area contributed by atoms with Crippen molar-refractivity contribution in [1.82, 2.24) is 5.32 Å². The van der Waals surface area contributed by atoms with Crippen LogP contribution in [0, 0.1) is 23.4 Å². The van der Waals surface area contributed by atoms with E-state index in [0.29, 0.717) is 12.1 Å². The Morgan fingerprint density at radius 1 is 1.19 bits per heavy atom. The summed E-state index contributed by atoms with van der Waals surface area (Å²) in [7, 11) is 0. The minimum Gasteiger partial charge on any atom is -0.481 e. The first kappa shape index (κ1) is 16.8. The fourth-order valence-electron chi connectivity index (χ4n) is 1.60. The van der Waals surface area contributed by atoms with Gasteiger partial charge in [0.05, 0.1) is 6.42 Å². The fourth-order valence-corrected chi connectivity index (χ4v) is 1.60. The molecule has 1 atom stereocenters. The molecule has 21 heavy (non-hydrogen) atoms. The van der Waals surface area contributed by atoms with Gasteiger partial charge in [-0.05, 0) is 5.92 Å². The van der Waals surface area contributed by atoms with Crippen molar-refractivity contribution in [3.05, 3.63) is 29.6 Å². The highest BCUT2D eigenvalue weighted by atomic mass is 19.2. The second kappa shape index (κ2) is 6.96. The lowest BCUT2D eigenvalue weighted by Crippen LogP contribution is -2.42. The molecule has 116 valence electrons. The first-order valence-corrected chi connectivity index (χ1v) is 6.14. The average molecular weight is 304 g/mol. The van der Waals surface area contributed by atoms with Gasteiger partial charge in [-0.3, -0.25) is 4.79 Å². The highest BCUT2D eigenvalue weighted by Gasteiger charge is 2.20. The summed E-state index contributed by atoms with van der Waals surface area (Å²) in [5.41, 5.74) is -0.276. The number of halogens is 3. The third-order valence-corrected chi connectivity index (χ3v) is 2.76. The van der Waals surface area contributed by atoms with Gasteiger partial charge in [0.15, 0.2) is 17.5 Å². The van der Waals surface area contributed by atoms with Crippen LogP contribution in [0.15, 0.2) is 12.1 Å². The molecule has 3 N–H and O–H groups in total. The molecule has 0 saturated carbocycles. The Labute approximate surface area is 119 Å². The summed E-state index contributed by atoms with van der Waals surface area (Å²) in [5, 5.41) is 13.2. The van der Waals surface area contributed by atoms with E-state index in [-0.39, 0.29) is 18.0 Å². The Morgan fingerprint density at radius 2 is 1.71 bits per heavy atom. The van der Waals surface area contributed by atoms with E-state index in [1.807, 2.05) is 0 Å². The second-order valence-corrected chi connectivity index (χ2v) is 4.80. The number of hydrogen-bond donors (Lipinski definition) is 3. The number of rotatable bonds is 5. The van der Waals surface area contributed by atoms with Crippen LogP contribution in [0.5, 0.6) is 0 Å². The molecule has 0 aliphatic carbocycles. The summed E-state index contributed by atoms with van der Waals surface area (Å²) >= 11 is 0. The molecule has 0 spiro atoms. The van der Waals surface area contributed by atoms with Crippen LogP contribution in [0.25, 0.3) is 0 Å². The lowest BCUT2D eigenvalue weighted by molar-refractivity contribution is -0.137. The van der Waals surface area contributed by atoms with Gasteiger partial charge >= 0.3 is 12.0 Å². The smallest absolute Gasteiger partial charge is 0.319 e. The standard InChI is InChI=1S/C13H15F3N2O3/c1-6(2)10(5-11(19)20)18-13(21)17-7-3-8(14)12(16)9(15)4-7/h3-4,6,10H,5H2,1-2H3,(H,19,20)(H2,17,18,21). The first-order chi connectivity index (χ1) is 9.70. The van der Waals surface area contributed by atoms with Crippen molar-refractivity contribution in [2.45, 2.75) is 26.3 Å². The number of aliphatic carboxylic acids is 1. The van der Waals surface area contributed by atoms with Crippen molar-refractivity contribution < 1.29 is 27.9 Å². The van der Waals surface area contributed by atoms with Gasteiger partial charge in [0, 0.05) is 23.9 Å². The number of hydrogen-bond acceptors (Lipinski definition) is 2. The summed E-state index contributed by atoms with van der Waals surface area (Å²) in [6.07, 6.45) is -0.294. The van der Waals surface area contributed by atoms with E-state index in [2.05, 4.69) is 10.6 Å². The van der Waals surface area contributed by atoms with E-state index in [1.165, 1.54) is 0 Å². The molecule has 0 aliphatic rings. The molecule has 0 heterocycles.